The number of halogens is 41. The summed E-state index contributed by atoms with van der Waals surface area (Å²) in [4.78, 5) is 50.0. The van der Waals surface area contributed by atoms with Crippen LogP contribution in [0.1, 0.15) is 28.4 Å². The summed E-state index contributed by atoms with van der Waals surface area (Å²) in [5.74, 6) is -197. The maximum Gasteiger partial charge on any atom is 0.460 e. The number of benzene rings is 1. The van der Waals surface area contributed by atoms with E-state index in [0.29, 0.717) is 13.0 Å². The second kappa shape index (κ2) is 20.1. The molecule has 0 heterocycles. The molecular weight excluding hydrogens is 1300 g/mol. The van der Waals surface area contributed by atoms with Crippen LogP contribution in [0.3, 0.4) is 0 Å². The first-order chi connectivity index (χ1) is 35.4. The zero-order valence-electron chi connectivity index (χ0n) is 36.7. The fourth-order valence-electron chi connectivity index (χ4n) is 5.68. The van der Waals surface area contributed by atoms with Gasteiger partial charge < -0.3 is 10.1 Å². The highest BCUT2D eigenvalue weighted by molar-refractivity contribution is 5.99. The Balaban J connectivity index is 4.35. The molecule has 0 aliphatic heterocycles. The summed E-state index contributed by atoms with van der Waals surface area (Å²) in [6, 6.07) is -0.697. The predicted octanol–water partition coefficient (Wildman–Crippen LogP) is 14.3. The maximum absolute atomic E-state index is 15.7. The van der Waals surface area contributed by atoms with Crippen LogP contribution in [0.15, 0.2) is 16.1 Å². The lowest BCUT2D eigenvalue weighted by Crippen LogP contribution is -2.80. The van der Waals surface area contributed by atoms with Crippen LogP contribution < -0.4 is 5.32 Å². The number of rotatable bonds is 24. The number of carbonyl (C=O) groups is 2. The van der Waals surface area contributed by atoms with Gasteiger partial charge >= 0.3 is 125 Å². The van der Waals surface area contributed by atoms with Crippen LogP contribution in [0.25, 0.3) is 0 Å². The number of ether oxygens (including phenoxy) is 1. The van der Waals surface area contributed by atoms with Crippen molar-refractivity contribution in [3.8, 4) is 0 Å². The number of esters is 1. The molecule has 0 aliphatic rings. The van der Waals surface area contributed by atoms with Crippen molar-refractivity contribution in [2.45, 2.75) is 133 Å². The van der Waals surface area contributed by atoms with Crippen molar-refractivity contribution in [2.75, 3.05) is 6.73 Å². The molecule has 0 atom stereocenters. The van der Waals surface area contributed by atoms with E-state index in [1.165, 1.54) is 0 Å². The Morgan fingerprint density at radius 3 is 0.854 bits per heavy atom. The third kappa shape index (κ3) is 9.22. The number of alkyl halides is 41. The number of nitrogens with zero attached hydrogens (tertiary/aromatic N) is 2. The fourth-order valence-corrected chi connectivity index (χ4v) is 5.68. The molecule has 0 fully saturated rings. The molecule has 8 nitrogen and oxygen atoms in total. The van der Waals surface area contributed by atoms with Gasteiger partial charge in [0.15, 0.2) is 6.73 Å². The van der Waals surface area contributed by atoms with Gasteiger partial charge in [-0.05, 0) is 18.6 Å². The summed E-state index contributed by atoms with van der Waals surface area (Å²) in [5, 5.41) is 1.02. The third-order valence-electron chi connectivity index (χ3n) is 10.4. The first kappa shape index (κ1) is 74.1. The smallest absolute Gasteiger partial charge is 0.445 e. The molecule has 0 saturated heterocycles. The van der Waals surface area contributed by atoms with E-state index < -0.39 is 171 Å². The Bertz CT molecular complexity index is 2710. The SMILES string of the molecule is CC(=O)OCNC(=O)c1cc(N=C=O)c(N=C=O)c(C)c1C(F)(F)C(F)(F)C(F)(F)C(F)(F)C(F)(F)C(F)(F)C(F)(F)C(F)(F)C(F)(F)C(F)(F)C(F)(F)C(F)(F)C(F)(F)C(F)(F)C(F)(F)C(F)(F)C(F)(F)C(F)(F)C(F)(F)C(F)(F)F. The van der Waals surface area contributed by atoms with Crippen LogP contribution in [0.2, 0.25) is 0 Å². The zero-order chi connectivity index (χ0) is 66.7. The van der Waals surface area contributed by atoms with Crippen LogP contribution in [-0.4, -0.2) is 144 Å². The second-order valence-corrected chi connectivity index (χ2v) is 15.4. The van der Waals surface area contributed by atoms with Crippen LogP contribution in [-0.2, 0) is 25.0 Å². The van der Waals surface area contributed by atoms with Crippen molar-refractivity contribution < 1.29 is 204 Å². The summed E-state index contributed by atoms with van der Waals surface area (Å²) in [7, 11) is 0. The van der Waals surface area contributed by atoms with E-state index in [0.717, 1.165) is 5.32 Å². The molecule has 1 amide bonds. The van der Waals surface area contributed by atoms with E-state index in [1.807, 2.05) is 0 Å². The molecule has 0 radical (unpaired) electrons. The quantitative estimate of drug-likeness (QED) is 0.0364. The van der Waals surface area contributed by atoms with Crippen LogP contribution in [0.4, 0.5) is 191 Å². The van der Waals surface area contributed by atoms with Crippen LogP contribution in [0.5, 0.6) is 0 Å². The van der Waals surface area contributed by atoms with E-state index in [2.05, 4.69) is 14.7 Å². The van der Waals surface area contributed by atoms with Crippen molar-refractivity contribution >= 4 is 35.4 Å². The van der Waals surface area contributed by atoms with Crippen molar-refractivity contribution in [2.24, 2.45) is 9.98 Å². The van der Waals surface area contributed by atoms with Gasteiger partial charge in [0.25, 0.3) is 5.91 Å². The minimum atomic E-state index is -10.7. The molecule has 0 aliphatic carbocycles. The molecule has 49 heteroatoms. The largest absolute Gasteiger partial charge is 0.460 e. The number of carbonyl (C=O) groups excluding carboxylic acids is 4. The average Bonchev–Trinajstić information content (AvgIpc) is 3.28. The molecule has 0 bridgehead atoms. The molecular formula is C33H10F41N3O5. The first-order valence-electron chi connectivity index (χ1n) is 18.4. The Morgan fingerprint density at radius 1 is 0.402 bits per heavy atom. The number of isocyanates is 2. The molecule has 1 N–H and O–H groups in total. The highest BCUT2D eigenvalue weighted by Crippen LogP contribution is 2.72. The summed E-state index contributed by atoms with van der Waals surface area (Å²) in [6.07, 6.45) is -7.92. The number of hydrogen-bond acceptors (Lipinski definition) is 7. The van der Waals surface area contributed by atoms with Gasteiger partial charge in [0.2, 0.25) is 12.2 Å². The molecule has 1 aromatic carbocycles. The topological polar surface area (TPSA) is 114 Å². The molecule has 1 aromatic rings. The Labute approximate surface area is 417 Å². The lowest BCUT2D eigenvalue weighted by molar-refractivity contribution is -0.495. The normalized spacial score (nSPS) is 15.6. The van der Waals surface area contributed by atoms with Crippen molar-refractivity contribution in [1.82, 2.24) is 5.32 Å². The lowest BCUT2D eigenvalue weighted by Gasteiger charge is -2.47. The molecule has 0 unspecified atom stereocenters. The van der Waals surface area contributed by atoms with E-state index in [-0.39, 0.29) is 13.0 Å². The molecule has 82 heavy (non-hydrogen) atoms. The minimum Gasteiger partial charge on any atom is -0.445 e. The molecule has 474 valence electrons. The average molecular weight is 1310 g/mol. The molecule has 1 rings (SSSR count). The van der Waals surface area contributed by atoms with Gasteiger partial charge in [0.1, 0.15) is 11.4 Å². The zero-order valence-corrected chi connectivity index (χ0v) is 36.7. The van der Waals surface area contributed by atoms with Gasteiger partial charge in [0, 0.05) is 12.5 Å². The molecule has 0 saturated carbocycles. The van der Waals surface area contributed by atoms with Gasteiger partial charge in [-0.1, -0.05) is 0 Å². The highest BCUT2D eigenvalue weighted by atomic mass is 19.4. The Morgan fingerprint density at radius 2 is 0.634 bits per heavy atom. The number of amides is 1. The van der Waals surface area contributed by atoms with Gasteiger partial charge in [-0.15, -0.1) is 0 Å². The number of hydrogen-bond donors (Lipinski definition) is 1. The lowest BCUT2D eigenvalue weighted by atomic mass is 9.81. The summed E-state index contributed by atoms with van der Waals surface area (Å²) in [5.41, 5.74) is -12.4. The van der Waals surface area contributed by atoms with E-state index in [4.69, 9.17) is 0 Å². The van der Waals surface area contributed by atoms with Gasteiger partial charge in [-0.2, -0.15) is 190 Å². The van der Waals surface area contributed by atoms with Gasteiger partial charge in [-0.3, -0.25) is 9.59 Å². The third-order valence-corrected chi connectivity index (χ3v) is 10.4. The molecule has 0 aromatic heterocycles. The second-order valence-electron chi connectivity index (χ2n) is 15.4. The van der Waals surface area contributed by atoms with Crippen molar-refractivity contribution in [3.05, 3.63) is 22.8 Å². The summed E-state index contributed by atoms with van der Waals surface area (Å²) < 4.78 is 586. The number of aliphatic imine (C=N–C) groups is 2. The standard InChI is InChI=1S/C33H10F41N3O5/c1-7-11(9(13(81)77-6-82-8(2)80)3-10(75-4-78)12(7)76-5-79)14(34,35)15(36,37)16(38,39)17(40,41)18(42,43)19(44,45)20(46,47)21(48,49)22(50,51)23(52,53)24(54,55)25(56,57)26(58,59)27(60,61)28(62,63)29(64,65)30(66,67)31(68,69)32(70,71)33(72,73)74/h3H,6H2,1-2H3,(H,77,81). The van der Waals surface area contributed by atoms with Crippen molar-refractivity contribution in [3.63, 3.8) is 0 Å². The van der Waals surface area contributed by atoms with E-state index in [1.54, 1.807) is 0 Å². The summed E-state index contributed by atoms with van der Waals surface area (Å²) in [6.45, 7) is -1.71. The highest BCUT2D eigenvalue weighted by Gasteiger charge is 3.03. The first-order valence-corrected chi connectivity index (χ1v) is 18.4. The Hall–Kier alpha value is -5.95. The van der Waals surface area contributed by atoms with E-state index in [9.17, 15) is 182 Å². The van der Waals surface area contributed by atoms with Crippen LogP contribution >= 0.6 is 0 Å². The Kier molecular flexibility index (Phi) is 18.2. The van der Waals surface area contributed by atoms with Gasteiger partial charge in [-0.25, -0.2) is 9.59 Å². The minimum absolute atomic E-state index is 0.255. The van der Waals surface area contributed by atoms with E-state index >= 15 is 17.6 Å². The fraction of sp³-hybridized carbons (Fsp3) is 0.697. The predicted molar refractivity (Wildman–Crippen MR) is 170 cm³/mol. The summed E-state index contributed by atoms with van der Waals surface area (Å²) >= 11 is 0. The van der Waals surface area contributed by atoms with Crippen LogP contribution in [0, 0.1) is 6.92 Å². The maximum atomic E-state index is 15.7. The van der Waals surface area contributed by atoms with Crippen molar-refractivity contribution in [1.29, 1.82) is 0 Å². The molecule has 0 spiro atoms. The number of nitrogens with one attached hydrogen (secondary N) is 1. The monoisotopic (exact) mass is 1310 g/mol. The van der Waals surface area contributed by atoms with Gasteiger partial charge in [0.05, 0.1) is 5.56 Å².